The minimum Gasteiger partial charge on any atom is -0.354 e. The number of hydrogen-bond acceptors (Lipinski definition) is 4. The second-order valence-corrected chi connectivity index (χ2v) is 4.30. The van der Waals surface area contributed by atoms with Gasteiger partial charge in [-0.05, 0) is 44.2 Å². The summed E-state index contributed by atoms with van der Waals surface area (Å²) in [5, 5.41) is 3.21. The van der Waals surface area contributed by atoms with E-state index >= 15 is 0 Å². The van der Waals surface area contributed by atoms with E-state index in [0.717, 1.165) is 31.8 Å². The predicted molar refractivity (Wildman–Crippen MR) is 65.5 cm³/mol. The maximum Gasteiger partial charge on any atom is 0.222 e. The summed E-state index contributed by atoms with van der Waals surface area (Å²) in [4.78, 5) is 8.92. The lowest BCUT2D eigenvalue weighted by molar-refractivity contribution is 0.708. The van der Waals surface area contributed by atoms with Crippen LogP contribution in [0.25, 0.3) is 0 Å². The summed E-state index contributed by atoms with van der Waals surface area (Å²) in [6, 6.07) is 0. The molecule has 0 saturated carbocycles. The molecule has 0 amide bonds. The van der Waals surface area contributed by atoms with E-state index in [4.69, 9.17) is 5.73 Å². The van der Waals surface area contributed by atoms with Gasteiger partial charge in [-0.15, -0.1) is 0 Å². The molecule has 0 spiro atoms. The van der Waals surface area contributed by atoms with Gasteiger partial charge < -0.3 is 11.1 Å². The van der Waals surface area contributed by atoms with Crippen molar-refractivity contribution < 1.29 is 0 Å². The van der Waals surface area contributed by atoms with E-state index in [1.807, 2.05) is 6.20 Å². The van der Waals surface area contributed by atoms with Crippen molar-refractivity contribution in [1.82, 2.24) is 9.97 Å². The standard InChI is InChI=1S/C12H20N4/c13-7-4-8-14-12-15-9-10-5-2-1-3-6-11(10)16-12/h9H,1-8,13H2,(H,14,15,16). The fourth-order valence-electron chi connectivity index (χ4n) is 2.04. The molecular weight excluding hydrogens is 200 g/mol. The Morgan fingerprint density at radius 2 is 2.12 bits per heavy atom. The first-order chi connectivity index (χ1) is 7.90. The van der Waals surface area contributed by atoms with Crippen molar-refractivity contribution in [3.05, 3.63) is 17.5 Å². The van der Waals surface area contributed by atoms with Crippen LogP contribution >= 0.6 is 0 Å². The van der Waals surface area contributed by atoms with Gasteiger partial charge in [0.1, 0.15) is 0 Å². The van der Waals surface area contributed by atoms with E-state index in [-0.39, 0.29) is 0 Å². The van der Waals surface area contributed by atoms with Gasteiger partial charge in [0, 0.05) is 18.4 Å². The molecule has 0 saturated heterocycles. The van der Waals surface area contributed by atoms with Crippen LogP contribution in [-0.2, 0) is 12.8 Å². The van der Waals surface area contributed by atoms with Crippen LogP contribution in [0.5, 0.6) is 0 Å². The number of nitrogens with two attached hydrogens (primary N) is 1. The minimum atomic E-state index is 0.706. The highest BCUT2D eigenvalue weighted by Gasteiger charge is 2.10. The molecule has 16 heavy (non-hydrogen) atoms. The SMILES string of the molecule is NCCCNc1ncc2c(n1)CCCCC2. The van der Waals surface area contributed by atoms with Crippen LogP contribution in [0.3, 0.4) is 0 Å². The minimum absolute atomic E-state index is 0.706. The third kappa shape index (κ3) is 2.92. The predicted octanol–water partition coefficient (Wildman–Crippen LogP) is 1.51. The summed E-state index contributed by atoms with van der Waals surface area (Å²) < 4.78 is 0. The first kappa shape index (κ1) is 11.3. The fourth-order valence-corrected chi connectivity index (χ4v) is 2.04. The van der Waals surface area contributed by atoms with Gasteiger partial charge in [0.05, 0.1) is 0 Å². The lowest BCUT2D eigenvalue weighted by Gasteiger charge is -2.08. The van der Waals surface area contributed by atoms with Gasteiger partial charge in [-0.3, -0.25) is 0 Å². The molecule has 0 fully saturated rings. The first-order valence-corrected chi connectivity index (χ1v) is 6.19. The van der Waals surface area contributed by atoms with E-state index in [9.17, 15) is 0 Å². The Hall–Kier alpha value is -1.16. The van der Waals surface area contributed by atoms with Crippen molar-refractivity contribution in [3.63, 3.8) is 0 Å². The van der Waals surface area contributed by atoms with Gasteiger partial charge in [-0.1, -0.05) is 6.42 Å². The van der Waals surface area contributed by atoms with Crippen molar-refractivity contribution in [3.8, 4) is 0 Å². The van der Waals surface area contributed by atoms with Crippen molar-refractivity contribution >= 4 is 5.95 Å². The largest absolute Gasteiger partial charge is 0.354 e. The van der Waals surface area contributed by atoms with Gasteiger partial charge in [-0.2, -0.15) is 0 Å². The Morgan fingerprint density at radius 1 is 1.25 bits per heavy atom. The molecule has 0 atom stereocenters. The quantitative estimate of drug-likeness (QED) is 0.596. The van der Waals surface area contributed by atoms with Gasteiger partial charge in [0.25, 0.3) is 0 Å². The fraction of sp³-hybridized carbons (Fsp3) is 0.667. The van der Waals surface area contributed by atoms with Crippen LogP contribution in [0, 0.1) is 0 Å². The van der Waals surface area contributed by atoms with Gasteiger partial charge in [0.15, 0.2) is 0 Å². The Morgan fingerprint density at radius 3 is 3.00 bits per heavy atom. The average Bonchev–Trinajstić information content (AvgIpc) is 2.54. The Bertz CT molecular complexity index is 338. The van der Waals surface area contributed by atoms with Crippen LogP contribution in [-0.4, -0.2) is 23.1 Å². The van der Waals surface area contributed by atoms with Crippen molar-refractivity contribution in [2.75, 3.05) is 18.4 Å². The molecule has 1 aliphatic rings. The zero-order chi connectivity index (χ0) is 11.2. The first-order valence-electron chi connectivity index (χ1n) is 6.19. The molecule has 0 aliphatic heterocycles. The maximum absolute atomic E-state index is 5.44. The van der Waals surface area contributed by atoms with Crippen molar-refractivity contribution in [2.24, 2.45) is 5.73 Å². The number of anilines is 1. The summed E-state index contributed by atoms with van der Waals surface area (Å²) in [5.41, 5.74) is 8.02. The molecule has 1 aromatic heterocycles. The molecule has 0 unspecified atom stereocenters. The lowest BCUT2D eigenvalue weighted by atomic mass is 10.1. The van der Waals surface area contributed by atoms with E-state index in [1.54, 1.807) is 0 Å². The van der Waals surface area contributed by atoms with Crippen LogP contribution in [0.4, 0.5) is 5.95 Å². The Balaban J connectivity index is 2.02. The topological polar surface area (TPSA) is 63.8 Å². The molecule has 0 aromatic carbocycles. The number of rotatable bonds is 4. The molecule has 1 heterocycles. The van der Waals surface area contributed by atoms with Crippen LogP contribution in [0.15, 0.2) is 6.20 Å². The summed E-state index contributed by atoms with van der Waals surface area (Å²) in [5.74, 6) is 0.758. The number of nitrogens with one attached hydrogen (secondary N) is 1. The molecule has 4 nitrogen and oxygen atoms in total. The molecule has 2 rings (SSSR count). The van der Waals surface area contributed by atoms with E-state index < -0.39 is 0 Å². The van der Waals surface area contributed by atoms with Crippen LogP contribution < -0.4 is 11.1 Å². The summed E-state index contributed by atoms with van der Waals surface area (Å²) in [6.07, 6.45) is 9.02. The van der Waals surface area contributed by atoms with Crippen LogP contribution in [0.1, 0.15) is 36.9 Å². The molecule has 4 heteroatoms. The van der Waals surface area contributed by atoms with E-state index in [1.165, 1.54) is 30.5 Å². The third-order valence-electron chi connectivity index (χ3n) is 2.98. The second kappa shape index (κ2) is 5.80. The number of fused-ring (bicyclic) bond motifs is 1. The van der Waals surface area contributed by atoms with E-state index in [0.29, 0.717) is 6.54 Å². The number of aryl methyl sites for hydroxylation is 2. The highest BCUT2D eigenvalue weighted by molar-refractivity contribution is 5.30. The monoisotopic (exact) mass is 220 g/mol. The highest BCUT2D eigenvalue weighted by atomic mass is 15.1. The zero-order valence-corrected chi connectivity index (χ0v) is 9.71. The van der Waals surface area contributed by atoms with Crippen molar-refractivity contribution in [2.45, 2.75) is 38.5 Å². The zero-order valence-electron chi connectivity index (χ0n) is 9.71. The molecule has 0 bridgehead atoms. The number of aromatic nitrogens is 2. The maximum atomic E-state index is 5.44. The number of hydrogen-bond donors (Lipinski definition) is 2. The molecule has 88 valence electrons. The Labute approximate surface area is 96.7 Å². The van der Waals surface area contributed by atoms with Crippen molar-refractivity contribution in [1.29, 1.82) is 0 Å². The van der Waals surface area contributed by atoms with Gasteiger partial charge >= 0.3 is 0 Å². The smallest absolute Gasteiger partial charge is 0.222 e. The van der Waals surface area contributed by atoms with Gasteiger partial charge in [0.2, 0.25) is 5.95 Å². The molecule has 0 radical (unpaired) electrons. The highest BCUT2D eigenvalue weighted by Crippen LogP contribution is 2.18. The van der Waals surface area contributed by atoms with E-state index in [2.05, 4.69) is 15.3 Å². The summed E-state index contributed by atoms with van der Waals surface area (Å²) in [7, 11) is 0. The third-order valence-corrected chi connectivity index (χ3v) is 2.98. The molecule has 3 N–H and O–H groups in total. The summed E-state index contributed by atoms with van der Waals surface area (Å²) in [6.45, 7) is 1.56. The van der Waals surface area contributed by atoms with Crippen LogP contribution in [0.2, 0.25) is 0 Å². The summed E-state index contributed by atoms with van der Waals surface area (Å²) >= 11 is 0. The normalized spacial score (nSPS) is 15.3. The molecule has 1 aromatic rings. The number of nitrogens with zero attached hydrogens (tertiary/aromatic N) is 2. The lowest BCUT2D eigenvalue weighted by Crippen LogP contribution is -2.11. The molecule has 1 aliphatic carbocycles. The average molecular weight is 220 g/mol. The Kier molecular flexibility index (Phi) is 4.10. The second-order valence-electron chi connectivity index (χ2n) is 4.30. The van der Waals surface area contributed by atoms with Gasteiger partial charge in [-0.25, -0.2) is 9.97 Å². The molecular formula is C12H20N4.